The topological polar surface area (TPSA) is 74.7 Å². The van der Waals surface area contributed by atoms with Crippen molar-refractivity contribution < 1.29 is 18.3 Å². The second kappa shape index (κ2) is 5.06. The molecule has 0 spiro atoms. The highest BCUT2D eigenvalue weighted by Crippen LogP contribution is 2.45. The molecule has 1 aromatic rings. The van der Waals surface area contributed by atoms with Crippen LogP contribution < -0.4 is 0 Å². The number of aryl methyl sites for hydroxylation is 3. The molecule has 3 atom stereocenters. The summed E-state index contributed by atoms with van der Waals surface area (Å²) >= 11 is 0. The van der Waals surface area contributed by atoms with Crippen molar-refractivity contribution >= 4 is 16.0 Å². The van der Waals surface area contributed by atoms with Gasteiger partial charge in [-0.1, -0.05) is 17.7 Å². The van der Waals surface area contributed by atoms with Crippen LogP contribution in [0.2, 0.25) is 0 Å². The van der Waals surface area contributed by atoms with Gasteiger partial charge in [0.15, 0.2) is 0 Å². The highest BCUT2D eigenvalue weighted by molar-refractivity contribution is 7.89. The summed E-state index contributed by atoms with van der Waals surface area (Å²) in [4.78, 5) is 11.7. The first kappa shape index (κ1) is 15.5. The molecule has 5 nitrogen and oxygen atoms in total. The summed E-state index contributed by atoms with van der Waals surface area (Å²) in [6.07, 6.45) is 1.84. The number of carboxylic acids is 1. The average molecular weight is 323 g/mol. The molecule has 2 saturated heterocycles. The van der Waals surface area contributed by atoms with Crippen LogP contribution in [0, 0.1) is 26.7 Å². The summed E-state index contributed by atoms with van der Waals surface area (Å²) in [7, 11) is -3.65. The van der Waals surface area contributed by atoms with Crippen LogP contribution in [0.1, 0.15) is 36.0 Å². The molecule has 2 heterocycles. The van der Waals surface area contributed by atoms with Crippen molar-refractivity contribution in [2.24, 2.45) is 5.92 Å². The molecule has 1 N–H and O–H groups in total. The van der Waals surface area contributed by atoms with Gasteiger partial charge in [0.25, 0.3) is 0 Å². The third-order valence-corrected chi connectivity index (χ3v) is 7.21. The number of sulfonamides is 1. The minimum absolute atomic E-state index is 0.170. The first-order valence-electron chi connectivity index (χ1n) is 7.57. The summed E-state index contributed by atoms with van der Waals surface area (Å²) in [5.74, 6) is -1.45. The molecule has 2 bridgehead atoms. The van der Waals surface area contributed by atoms with Gasteiger partial charge in [0, 0.05) is 12.1 Å². The zero-order chi connectivity index (χ0) is 16.2. The van der Waals surface area contributed by atoms with Crippen LogP contribution >= 0.6 is 0 Å². The highest BCUT2D eigenvalue weighted by atomic mass is 32.2. The number of rotatable bonds is 3. The smallest absolute Gasteiger partial charge is 0.308 e. The lowest BCUT2D eigenvalue weighted by molar-refractivity contribution is -0.142. The lowest BCUT2D eigenvalue weighted by Crippen LogP contribution is -2.38. The van der Waals surface area contributed by atoms with E-state index in [0.29, 0.717) is 17.7 Å². The molecule has 0 amide bonds. The van der Waals surface area contributed by atoms with Crippen LogP contribution in [0.5, 0.6) is 0 Å². The number of nitrogens with zero attached hydrogens (tertiary/aromatic N) is 1. The molecule has 0 saturated carbocycles. The van der Waals surface area contributed by atoms with Crippen LogP contribution in [-0.2, 0) is 14.8 Å². The maximum Gasteiger partial charge on any atom is 0.308 e. The van der Waals surface area contributed by atoms with E-state index < -0.39 is 28.0 Å². The van der Waals surface area contributed by atoms with Crippen molar-refractivity contribution in [1.29, 1.82) is 0 Å². The normalized spacial score (nSPS) is 28.2. The van der Waals surface area contributed by atoms with E-state index in [4.69, 9.17) is 0 Å². The van der Waals surface area contributed by atoms with Gasteiger partial charge in [-0.3, -0.25) is 4.79 Å². The van der Waals surface area contributed by atoms with Crippen LogP contribution in [-0.4, -0.2) is 35.9 Å². The van der Waals surface area contributed by atoms with Gasteiger partial charge < -0.3 is 5.11 Å². The number of fused-ring (bicyclic) bond motifs is 2. The van der Waals surface area contributed by atoms with Crippen molar-refractivity contribution in [2.45, 2.75) is 57.0 Å². The molecular formula is C16H21NO4S. The van der Waals surface area contributed by atoms with Crippen molar-refractivity contribution in [2.75, 3.05) is 0 Å². The number of carboxylic acid groups (broad SMARTS) is 1. The number of hydrogen-bond donors (Lipinski definition) is 1. The number of aliphatic carboxylic acids is 1. The summed E-state index contributed by atoms with van der Waals surface area (Å²) in [5.41, 5.74) is 2.49. The summed E-state index contributed by atoms with van der Waals surface area (Å²) in [5, 5.41) is 9.31. The van der Waals surface area contributed by atoms with Gasteiger partial charge >= 0.3 is 5.97 Å². The second-order valence-electron chi connectivity index (χ2n) is 6.54. The predicted molar refractivity (Wildman–Crippen MR) is 82.2 cm³/mol. The maximum absolute atomic E-state index is 13.1. The minimum atomic E-state index is -3.65. The molecule has 3 unspecified atom stereocenters. The second-order valence-corrected chi connectivity index (χ2v) is 8.32. The Hall–Kier alpha value is -1.40. The quantitative estimate of drug-likeness (QED) is 0.925. The van der Waals surface area contributed by atoms with Crippen molar-refractivity contribution in [3.63, 3.8) is 0 Å². The maximum atomic E-state index is 13.1. The average Bonchev–Trinajstić information content (AvgIpc) is 2.94. The standard InChI is InChI=1S/C16H21NO4S/c1-9-6-10(2)15(11(3)7-9)22(20,21)17-12-4-5-14(17)13(8-12)16(18)19/h6-7,12-14H,4-5,8H2,1-3H3,(H,18,19). The van der Waals surface area contributed by atoms with E-state index in [0.717, 1.165) is 23.1 Å². The van der Waals surface area contributed by atoms with E-state index >= 15 is 0 Å². The first-order valence-corrected chi connectivity index (χ1v) is 9.01. The SMILES string of the molecule is Cc1cc(C)c(S(=O)(=O)N2C3CCC2C(C(=O)O)C3)c(C)c1. The molecule has 3 rings (SSSR count). The van der Waals surface area contributed by atoms with E-state index in [-0.39, 0.29) is 6.04 Å². The van der Waals surface area contributed by atoms with Crippen LogP contribution in [0.4, 0.5) is 0 Å². The third kappa shape index (κ3) is 2.16. The Balaban J connectivity index is 2.07. The Morgan fingerprint density at radius 3 is 2.27 bits per heavy atom. The molecule has 120 valence electrons. The minimum Gasteiger partial charge on any atom is -0.481 e. The van der Waals surface area contributed by atoms with E-state index in [2.05, 4.69) is 0 Å². The van der Waals surface area contributed by atoms with Gasteiger partial charge in [0.05, 0.1) is 10.8 Å². The fourth-order valence-corrected chi connectivity index (χ4v) is 6.59. The highest BCUT2D eigenvalue weighted by Gasteiger charge is 2.54. The Morgan fingerprint density at radius 1 is 1.18 bits per heavy atom. The van der Waals surface area contributed by atoms with Crippen LogP contribution in [0.15, 0.2) is 17.0 Å². The van der Waals surface area contributed by atoms with Gasteiger partial charge in [-0.25, -0.2) is 8.42 Å². The fraction of sp³-hybridized carbons (Fsp3) is 0.562. The van der Waals surface area contributed by atoms with Gasteiger partial charge in [0.1, 0.15) is 0 Å². The fourth-order valence-electron chi connectivity index (χ4n) is 4.26. The Morgan fingerprint density at radius 2 is 1.77 bits per heavy atom. The van der Waals surface area contributed by atoms with Gasteiger partial charge in [-0.15, -0.1) is 0 Å². The molecule has 2 aliphatic heterocycles. The van der Waals surface area contributed by atoms with E-state index in [1.807, 2.05) is 19.1 Å². The van der Waals surface area contributed by atoms with E-state index in [1.54, 1.807) is 13.8 Å². The van der Waals surface area contributed by atoms with Gasteiger partial charge in [-0.2, -0.15) is 4.31 Å². The largest absolute Gasteiger partial charge is 0.481 e. The number of carbonyl (C=O) groups is 1. The molecule has 2 fully saturated rings. The lowest BCUT2D eigenvalue weighted by Gasteiger charge is -2.24. The van der Waals surface area contributed by atoms with Gasteiger partial charge in [-0.05, 0) is 51.2 Å². The van der Waals surface area contributed by atoms with Crippen LogP contribution in [0.25, 0.3) is 0 Å². The third-order valence-electron chi connectivity index (χ3n) is 4.93. The summed E-state index contributed by atoms with van der Waals surface area (Å²) in [6.45, 7) is 5.55. The molecule has 1 aromatic carbocycles. The van der Waals surface area contributed by atoms with Crippen LogP contribution in [0.3, 0.4) is 0 Å². The number of hydrogen-bond acceptors (Lipinski definition) is 3. The molecule has 0 aromatic heterocycles. The molecular weight excluding hydrogens is 302 g/mol. The lowest BCUT2D eigenvalue weighted by atomic mass is 9.89. The first-order chi connectivity index (χ1) is 10.2. The molecule has 6 heteroatoms. The summed E-state index contributed by atoms with van der Waals surface area (Å²) in [6, 6.07) is 3.17. The van der Waals surface area contributed by atoms with E-state index in [9.17, 15) is 18.3 Å². The van der Waals surface area contributed by atoms with Crippen molar-refractivity contribution in [3.05, 3.63) is 28.8 Å². The molecule has 2 aliphatic rings. The van der Waals surface area contributed by atoms with Crippen molar-refractivity contribution in [1.82, 2.24) is 4.31 Å². The monoisotopic (exact) mass is 323 g/mol. The van der Waals surface area contributed by atoms with Gasteiger partial charge in [0.2, 0.25) is 10.0 Å². The zero-order valence-electron chi connectivity index (χ0n) is 13.0. The van der Waals surface area contributed by atoms with Crippen molar-refractivity contribution in [3.8, 4) is 0 Å². The summed E-state index contributed by atoms with van der Waals surface area (Å²) < 4.78 is 27.8. The molecule has 0 aliphatic carbocycles. The Labute approximate surface area is 131 Å². The number of benzene rings is 1. The Kier molecular flexibility index (Phi) is 3.57. The Bertz CT molecular complexity index is 718. The molecule has 0 radical (unpaired) electrons. The molecule has 22 heavy (non-hydrogen) atoms. The van der Waals surface area contributed by atoms with E-state index in [1.165, 1.54) is 4.31 Å². The predicted octanol–water partition coefficient (Wildman–Crippen LogP) is 2.24. The zero-order valence-corrected chi connectivity index (χ0v) is 13.9.